The number of hydrogen-bond acceptors (Lipinski definition) is 4. The van der Waals surface area contributed by atoms with Crippen LogP contribution < -0.4 is 5.32 Å². The average Bonchev–Trinajstić information content (AvgIpc) is 2.82. The molecule has 3 rings (SSSR count). The largest absolute Gasteiger partial charge is 0.337 e. The van der Waals surface area contributed by atoms with Gasteiger partial charge < -0.3 is 5.32 Å². The minimum Gasteiger partial charge on any atom is -0.337 e. The Kier molecular flexibility index (Phi) is 3.28. The summed E-state index contributed by atoms with van der Waals surface area (Å²) in [6.07, 6.45) is 3.56. The molecule has 2 aromatic heterocycles. The molecule has 2 heterocycles. The molecular weight excluding hydrogens is 274 g/mol. The molecule has 1 unspecified atom stereocenters. The molecule has 0 bridgehead atoms. The fraction of sp³-hybridized carbons (Fsp3) is 0.214. The van der Waals surface area contributed by atoms with E-state index >= 15 is 0 Å². The first-order chi connectivity index (χ1) is 9.66. The standard InChI is InChI=1S/C14H14ClN5/c1-9(15)11-5-3-4-6-12(11)17-13-14-19-18-10(2)20(14)8-7-16-13/h3-9H,1-2H3,(H,16,17). The summed E-state index contributed by atoms with van der Waals surface area (Å²) in [5.74, 6) is 1.49. The number of alkyl halides is 1. The predicted molar refractivity (Wildman–Crippen MR) is 79.5 cm³/mol. The van der Waals surface area contributed by atoms with Crippen molar-refractivity contribution < 1.29 is 0 Å². The number of fused-ring (bicyclic) bond motifs is 1. The molecule has 0 fully saturated rings. The van der Waals surface area contributed by atoms with Gasteiger partial charge in [0.25, 0.3) is 0 Å². The number of aromatic nitrogens is 4. The number of benzene rings is 1. The van der Waals surface area contributed by atoms with E-state index in [-0.39, 0.29) is 5.38 Å². The number of rotatable bonds is 3. The Labute approximate surface area is 121 Å². The van der Waals surface area contributed by atoms with Crippen LogP contribution >= 0.6 is 11.6 Å². The van der Waals surface area contributed by atoms with Crippen molar-refractivity contribution in [3.05, 3.63) is 48.0 Å². The van der Waals surface area contributed by atoms with Crippen molar-refractivity contribution in [3.63, 3.8) is 0 Å². The Bertz CT molecular complexity index is 750. The van der Waals surface area contributed by atoms with Crippen LogP contribution in [0, 0.1) is 6.92 Å². The van der Waals surface area contributed by atoms with E-state index in [1.165, 1.54) is 0 Å². The number of aryl methyl sites for hydroxylation is 1. The van der Waals surface area contributed by atoms with Gasteiger partial charge in [0, 0.05) is 18.1 Å². The van der Waals surface area contributed by atoms with E-state index in [1.807, 2.05) is 48.7 Å². The Hall–Kier alpha value is -2.14. The van der Waals surface area contributed by atoms with Crippen molar-refractivity contribution in [2.45, 2.75) is 19.2 Å². The highest BCUT2D eigenvalue weighted by molar-refractivity contribution is 6.21. The van der Waals surface area contributed by atoms with Crippen molar-refractivity contribution in [2.75, 3.05) is 5.32 Å². The maximum absolute atomic E-state index is 6.20. The van der Waals surface area contributed by atoms with Gasteiger partial charge in [0.1, 0.15) is 5.82 Å². The molecule has 0 saturated carbocycles. The molecule has 6 heteroatoms. The van der Waals surface area contributed by atoms with Crippen molar-refractivity contribution in [2.24, 2.45) is 0 Å². The SMILES string of the molecule is Cc1nnc2c(Nc3ccccc3C(C)Cl)nccn12. The van der Waals surface area contributed by atoms with Gasteiger partial charge in [-0.15, -0.1) is 21.8 Å². The molecule has 0 saturated heterocycles. The normalized spacial score (nSPS) is 12.6. The number of nitrogens with zero attached hydrogens (tertiary/aromatic N) is 4. The first-order valence-electron chi connectivity index (χ1n) is 6.33. The summed E-state index contributed by atoms with van der Waals surface area (Å²) in [6, 6.07) is 7.90. The number of halogens is 1. The van der Waals surface area contributed by atoms with Gasteiger partial charge in [0.2, 0.25) is 5.65 Å². The summed E-state index contributed by atoms with van der Waals surface area (Å²) < 4.78 is 1.89. The highest BCUT2D eigenvalue weighted by Gasteiger charge is 2.11. The van der Waals surface area contributed by atoms with Crippen LogP contribution in [0.3, 0.4) is 0 Å². The molecule has 0 aliphatic carbocycles. The van der Waals surface area contributed by atoms with Crippen LogP contribution in [0.1, 0.15) is 23.7 Å². The quantitative estimate of drug-likeness (QED) is 0.749. The maximum Gasteiger partial charge on any atom is 0.204 e. The monoisotopic (exact) mass is 287 g/mol. The molecule has 102 valence electrons. The fourth-order valence-electron chi connectivity index (χ4n) is 2.11. The smallest absolute Gasteiger partial charge is 0.204 e. The zero-order chi connectivity index (χ0) is 14.1. The molecule has 3 aromatic rings. The van der Waals surface area contributed by atoms with E-state index in [9.17, 15) is 0 Å². The Morgan fingerprint density at radius 1 is 1.25 bits per heavy atom. The maximum atomic E-state index is 6.20. The van der Waals surface area contributed by atoms with Crippen molar-refractivity contribution in [3.8, 4) is 0 Å². The van der Waals surface area contributed by atoms with Crippen LogP contribution in [0.25, 0.3) is 5.65 Å². The summed E-state index contributed by atoms with van der Waals surface area (Å²) in [4.78, 5) is 4.34. The van der Waals surface area contributed by atoms with Crippen molar-refractivity contribution in [1.82, 2.24) is 19.6 Å². The second-order valence-corrected chi connectivity index (χ2v) is 5.20. The minimum atomic E-state index is -0.0851. The van der Waals surface area contributed by atoms with Crippen LogP contribution in [0.15, 0.2) is 36.7 Å². The third-order valence-corrected chi connectivity index (χ3v) is 3.37. The van der Waals surface area contributed by atoms with Gasteiger partial charge in [-0.1, -0.05) is 18.2 Å². The number of para-hydroxylation sites is 1. The summed E-state index contributed by atoms with van der Waals surface area (Å²) in [5, 5.41) is 11.4. The molecular formula is C14H14ClN5. The van der Waals surface area contributed by atoms with Crippen LogP contribution in [0.4, 0.5) is 11.5 Å². The van der Waals surface area contributed by atoms with Crippen molar-refractivity contribution in [1.29, 1.82) is 0 Å². The van der Waals surface area contributed by atoms with Crippen LogP contribution in [0.5, 0.6) is 0 Å². The molecule has 1 N–H and O–H groups in total. The Morgan fingerprint density at radius 2 is 2.05 bits per heavy atom. The van der Waals surface area contributed by atoms with Gasteiger partial charge in [-0.2, -0.15) is 0 Å². The topological polar surface area (TPSA) is 55.1 Å². The summed E-state index contributed by atoms with van der Waals surface area (Å²) in [7, 11) is 0. The highest BCUT2D eigenvalue weighted by atomic mass is 35.5. The summed E-state index contributed by atoms with van der Waals surface area (Å²) >= 11 is 6.20. The first-order valence-corrected chi connectivity index (χ1v) is 6.77. The lowest BCUT2D eigenvalue weighted by atomic mass is 10.1. The molecule has 1 atom stereocenters. The highest BCUT2D eigenvalue weighted by Crippen LogP contribution is 2.29. The molecule has 0 radical (unpaired) electrons. The van der Waals surface area contributed by atoms with E-state index in [1.54, 1.807) is 6.20 Å². The lowest BCUT2D eigenvalue weighted by molar-refractivity contribution is 1.00. The average molecular weight is 288 g/mol. The number of nitrogens with one attached hydrogen (secondary N) is 1. The summed E-state index contributed by atoms with van der Waals surface area (Å²) in [6.45, 7) is 3.84. The Morgan fingerprint density at radius 3 is 2.85 bits per heavy atom. The van der Waals surface area contributed by atoms with Gasteiger partial charge in [0.05, 0.1) is 5.38 Å². The molecule has 0 spiro atoms. The van der Waals surface area contributed by atoms with Gasteiger partial charge in [-0.3, -0.25) is 4.40 Å². The lowest BCUT2D eigenvalue weighted by Crippen LogP contribution is -2.01. The predicted octanol–water partition coefficient (Wildman–Crippen LogP) is 3.48. The van der Waals surface area contributed by atoms with E-state index in [2.05, 4.69) is 20.5 Å². The lowest BCUT2D eigenvalue weighted by Gasteiger charge is -2.13. The molecule has 5 nitrogen and oxygen atoms in total. The van der Waals surface area contributed by atoms with Crippen LogP contribution in [0.2, 0.25) is 0 Å². The molecule has 20 heavy (non-hydrogen) atoms. The Balaban J connectivity index is 2.06. The molecule has 1 aromatic carbocycles. The van der Waals surface area contributed by atoms with Gasteiger partial charge >= 0.3 is 0 Å². The van der Waals surface area contributed by atoms with Crippen LogP contribution in [-0.2, 0) is 0 Å². The van der Waals surface area contributed by atoms with E-state index in [4.69, 9.17) is 11.6 Å². The molecule has 0 amide bonds. The van der Waals surface area contributed by atoms with Gasteiger partial charge in [-0.25, -0.2) is 4.98 Å². The number of anilines is 2. The first kappa shape index (κ1) is 12.9. The zero-order valence-corrected chi connectivity index (χ0v) is 12.0. The fourth-order valence-corrected chi connectivity index (χ4v) is 2.31. The molecule has 0 aliphatic heterocycles. The third-order valence-electron chi connectivity index (χ3n) is 3.14. The minimum absolute atomic E-state index is 0.0851. The second-order valence-electron chi connectivity index (χ2n) is 4.54. The van der Waals surface area contributed by atoms with Crippen molar-refractivity contribution >= 4 is 28.8 Å². The zero-order valence-electron chi connectivity index (χ0n) is 11.2. The van der Waals surface area contributed by atoms with E-state index < -0.39 is 0 Å². The number of hydrogen-bond donors (Lipinski definition) is 1. The third kappa shape index (κ3) is 2.20. The van der Waals surface area contributed by atoms with Gasteiger partial charge in [-0.05, 0) is 25.5 Å². The molecule has 0 aliphatic rings. The summed E-state index contributed by atoms with van der Waals surface area (Å²) in [5.41, 5.74) is 2.65. The van der Waals surface area contributed by atoms with E-state index in [0.717, 1.165) is 17.1 Å². The van der Waals surface area contributed by atoms with E-state index in [0.29, 0.717) is 11.5 Å². The second kappa shape index (κ2) is 5.09. The van der Waals surface area contributed by atoms with Gasteiger partial charge in [0.15, 0.2) is 5.82 Å². The van der Waals surface area contributed by atoms with Crippen LogP contribution in [-0.4, -0.2) is 19.6 Å².